The van der Waals surface area contributed by atoms with Crippen molar-refractivity contribution in [1.82, 2.24) is 15.1 Å². The number of nitrogens with zero attached hydrogens (tertiary/aromatic N) is 2. The molecule has 1 amide bonds. The Balaban J connectivity index is 1.34. The minimum absolute atomic E-state index is 0.0111. The predicted molar refractivity (Wildman–Crippen MR) is 180 cm³/mol. The minimum Gasteiger partial charge on any atom is -0.466 e. The van der Waals surface area contributed by atoms with Crippen LogP contribution in [0.15, 0.2) is 108 Å². The summed E-state index contributed by atoms with van der Waals surface area (Å²) in [7, 11) is 1.42. The number of carbonyl (C=O) groups is 2. The monoisotopic (exact) mass is 605 g/mol. The van der Waals surface area contributed by atoms with Crippen molar-refractivity contribution in [3.05, 3.63) is 130 Å². The summed E-state index contributed by atoms with van der Waals surface area (Å²) in [4.78, 5) is 30.4. The van der Waals surface area contributed by atoms with Crippen LogP contribution >= 0.6 is 0 Å². The van der Waals surface area contributed by atoms with Gasteiger partial charge in [-0.1, -0.05) is 104 Å². The van der Waals surface area contributed by atoms with E-state index in [4.69, 9.17) is 4.74 Å². The molecule has 1 unspecified atom stereocenters. The van der Waals surface area contributed by atoms with Gasteiger partial charge in [0.25, 0.3) is 0 Å². The van der Waals surface area contributed by atoms with E-state index >= 15 is 0 Å². The average Bonchev–Trinajstić information content (AvgIpc) is 3.08. The molecule has 0 bridgehead atoms. The van der Waals surface area contributed by atoms with Crippen LogP contribution in [0.1, 0.15) is 74.1 Å². The number of methoxy groups -OCH3 is 1. The Labute approximate surface area is 268 Å². The van der Waals surface area contributed by atoms with E-state index in [0.717, 1.165) is 86.4 Å². The van der Waals surface area contributed by atoms with Gasteiger partial charge in [0.2, 0.25) is 6.41 Å². The predicted octanol–water partition coefficient (Wildman–Crippen LogP) is 7.07. The number of piperidine rings is 1. The van der Waals surface area contributed by atoms with Gasteiger partial charge in [-0.2, -0.15) is 0 Å². The van der Waals surface area contributed by atoms with Gasteiger partial charge in [-0.05, 0) is 75.9 Å². The Hall–Kier alpha value is -4.16. The van der Waals surface area contributed by atoms with Gasteiger partial charge >= 0.3 is 5.97 Å². The Kier molecular flexibility index (Phi) is 10.6. The van der Waals surface area contributed by atoms with Crippen LogP contribution in [-0.4, -0.2) is 55.5 Å². The zero-order valence-electron chi connectivity index (χ0n) is 27.2. The van der Waals surface area contributed by atoms with Gasteiger partial charge in [0.1, 0.15) is 0 Å². The number of nitrogens with one attached hydrogen (secondary N) is 1. The Morgan fingerprint density at radius 3 is 2.09 bits per heavy atom. The van der Waals surface area contributed by atoms with Crippen LogP contribution in [0.5, 0.6) is 0 Å². The number of rotatable bonds is 12. The Morgan fingerprint density at radius 1 is 0.956 bits per heavy atom. The molecule has 6 heteroatoms. The highest BCUT2D eigenvalue weighted by atomic mass is 16.5. The van der Waals surface area contributed by atoms with E-state index in [2.05, 4.69) is 109 Å². The molecule has 2 heterocycles. The van der Waals surface area contributed by atoms with Gasteiger partial charge in [-0.3, -0.25) is 4.79 Å². The molecule has 1 N–H and O–H groups in total. The van der Waals surface area contributed by atoms with E-state index in [1.165, 1.54) is 18.2 Å². The molecule has 2 aliphatic heterocycles. The lowest BCUT2D eigenvalue weighted by Gasteiger charge is -2.43. The molecule has 2 aliphatic rings. The quantitative estimate of drug-likeness (QED) is 0.177. The van der Waals surface area contributed by atoms with Gasteiger partial charge in [-0.15, -0.1) is 0 Å². The summed E-state index contributed by atoms with van der Waals surface area (Å²) < 4.78 is 5.26. The molecule has 0 aliphatic carbocycles. The molecule has 0 radical (unpaired) electrons. The van der Waals surface area contributed by atoms with Crippen molar-refractivity contribution in [2.45, 2.75) is 64.2 Å². The van der Waals surface area contributed by atoms with Gasteiger partial charge in [-0.25, -0.2) is 4.79 Å². The third-order valence-corrected chi connectivity index (χ3v) is 9.60. The summed E-state index contributed by atoms with van der Waals surface area (Å²) in [6.07, 6.45) is 5.57. The summed E-state index contributed by atoms with van der Waals surface area (Å²) in [6, 6.07) is 30.1. The first-order chi connectivity index (χ1) is 21.9. The number of esters is 1. The molecule has 3 aromatic rings. The second-order valence-electron chi connectivity index (χ2n) is 12.4. The SMILES string of the molecule is CCCC1=C(N(C=O)CCCN2CCC(c3ccccc3)(c3ccccc3)CC2)C(c2ccc(C)cc2)C(C(=O)OC)=C(C)N1. The summed E-state index contributed by atoms with van der Waals surface area (Å²) in [5.41, 5.74) is 8.08. The van der Waals surface area contributed by atoms with E-state index in [9.17, 15) is 9.59 Å². The van der Waals surface area contributed by atoms with Crippen LogP contribution in [-0.2, 0) is 19.7 Å². The minimum atomic E-state index is -0.390. The number of amides is 1. The molecule has 5 rings (SSSR count). The number of hydrogen-bond acceptors (Lipinski definition) is 5. The fourth-order valence-corrected chi connectivity index (χ4v) is 7.24. The van der Waals surface area contributed by atoms with E-state index in [1.54, 1.807) is 0 Å². The zero-order valence-corrected chi connectivity index (χ0v) is 27.2. The number of dihydropyridines is 1. The molecule has 0 aromatic heterocycles. The van der Waals surface area contributed by atoms with Gasteiger partial charge in [0.15, 0.2) is 0 Å². The van der Waals surface area contributed by atoms with Gasteiger partial charge in [0, 0.05) is 23.4 Å². The van der Waals surface area contributed by atoms with E-state index in [0.29, 0.717) is 12.1 Å². The number of hydrogen-bond donors (Lipinski definition) is 1. The first kappa shape index (κ1) is 32.2. The maximum Gasteiger partial charge on any atom is 0.336 e. The van der Waals surface area contributed by atoms with Crippen molar-refractivity contribution < 1.29 is 14.3 Å². The fourth-order valence-electron chi connectivity index (χ4n) is 7.24. The molecule has 3 aromatic carbocycles. The van der Waals surface area contributed by atoms with Gasteiger partial charge < -0.3 is 19.9 Å². The van der Waals surface area contributed by atoms with Gasteiger partial charge in [0.05, 0.1) is 24.3 Å². The second-order valence-corrected chi connectivity index (χ2v) is 12.4. The highest BCUT2D eigenvalue weighted by Crippen LogP contribution is 2.43. The van der Waals surface area contributed by atoms with Crippen molar-refractivity contribution in [3.63, 3.8) is 0 Å². The summed E-state index contributed by atoms with van der Waals surface area (Å²) >= 11 is 0. The molecule has 0 saturated carbocycles. The first-order valence-corrected chi connectivity index (χ1v) is 16.3. The maximum atomic E-state index is 13.2. The lowest BCUT2D eigenvalue weighted by molar-refractivity contribution is -0.136. The number of allylic oxidation sites excluding steroid dienone is 3. The Bertz CT molecular complexity index is 1460. The summed E-state index contributed by atoms with van der Waals surface area (Å²) in [5.74, 6) is -0.767. The highest BCUT2D eigenvalue weighted by Gasteiger charge is 2.39. The number of likely N-dealkylation sites (tertiary alicyclic amines) is 1. The normalized spacial score (nSPS) is 18.4. The lowest BCUT2D eigenvalue weighted by atomic mass is 9.68. The topological polar surface area (TPSA) is 61.9 Å². The standard InChI is InChI=1S/C39H47N3O3/c1-5-13-34-37(36(31-20-18-29(2)19-21-31)35(30(3)40-34)38(44)45-4)42(28-43)25-12-24-41-26-22-39(23-27-41,32-14-8-6-9-15-32)33-16-10-7-11-17-33/h6-11,14-21,28,36,40H,5,12-13,22-27H2,1-4H3. The van der Waals surface area contributed by atoms with Crippen molar-refractivity contribution in [2.24, 2.45) is 0 Å². The van der Waals surface area contributed by atoms with Crippen molar-refractivity contribution >= 4 is 12.4 Å². The molecule has 1 atom stereocenters. The maximum absolute atomic E-state index is 13.2. The number of aryl methyl sites for hydroxylation is 1. The molecule has 1 fully saturated rings. The molecule has 0 spiro atoms. The third kappa shape index (κ3) is 6.91. The number of benzene rings is 3. The van der Waals surface area contributed by atoms with Crippen LogP contribution in [0.4, 0.5) is 0 Å². The van der Waals surface area contributed by atoms with E-state index in [1.807, 2.05) is 11.8 Å². The van der Waals surface area contributed by atoms with Crippen molar-refractivity contribution in [1.29, 1.82) is 0 Å². The second kappa shape index (κ2) is 14.7. The van der Waals surface area contributed by atoms with Crippen LogP contribution in [0.2, 0.25) is 0 Å². The molecule has 6 nitrogen and oxygen atoms in total. The summed E-state index contributed by atoms with van der Waals surface area (Å²) in [5, 5.41) is 3.49. The van der Waals surface area contributed by atoms with Crippen LogP contribution in [0, 0.1) is 6.92 Å². The third-order valence-electron chi connectivity index (χ3n) is 9.60. The largest absolute Gasteiger partial charge is 0.466 e. The van der Waals surface area contributed by atoms with E-state index in [-0.39, 0.29) is 11.4 Å². The lowest BCUT2D eigenvalue weighted by Crippen LogP contribution is -2.44. The van der Waals surface area contributed by atoms with Crippen molar-refractivity contribution in [3.8, 4) is 0 Å². The van der Waals surface area contributed by atoms with E-state index < -0.39 is 5.92 Å². The molecule has 45 heavy (non-hydrogen) atoms. The van der Waals surface area contributed by atoms with Crippen molar-refractivity contribution in [2.75, 3.05) is 33.3 Å². The number of carbonyl (C=O) groups excluding carboxylic acids is 2. The molecule has 1 saturated heterocycles. The van der Waals surface area contributed by atoms with Crippen LogP contribution < -0.4 is 5.32 Å². The smallest absolute Gasteiger partial charge is 0.336 e. The fraction of sp³-hybridized carbons (Fsp3) is 0.385. The zero-order chi connectivity index (χ0) is 31.8. The first-order valence-electron chi connectivity index (χ1n) is 16.3. The molecular weight excluding hydrogens is 558 g/mol. The number of ether oxygens (including phenoxy) is 1. The summed E-state index contributed by atoms with van der Waals surface area (Å²) in [6.45, 7) is 9.58. The molecular formula is C39H47N3O3. The van der Waals surface area contributed by atoms with Crippen LogP contribution in [0.3, 0.4) is 0 Å². The highest BCUT2D eigenvalue weighted by molar-refractivity contribution is 5.92. The average molecular weight is 606 g/mol. The van der Waals surface area contributed by atoms with Crippen LogP contribution in [0.25, 0.3) is 0 Å². The molecule has 236 valence electrons. The Morgan fingerprint density at radius 2 is 1.56 bits per heavy atom.